The Kier molecular flexibility index (Phi) is 7.62. The highest BCUT2D eigenvalue weighted by Gasteiger charge is 2.32. The molecule has 0 aromatic heterocycles. The molecule has 0 aliphatic carbocycles. The highest BCUT2D eigenvalue weighted by Crippen LogP contribution is 2.33. The average Bonchev–Trinajstić information content (AvgIpc) is 2.60. The molecule has 0 heterocycles. The molecule has 0 fully saturated rings. The molecular weight excluding hydrogens is 369 g/mol. The maximum absolute atomic E-state index is 13.0. The maximum atomic E-state index is 13.0. The van der Waals surface area contributed by atoms with Crippen molar-refractivity contribution in [3.8, 4) is 0 Å². The Hall–Kier alpha value is -2.09. The summed E-state index contributed by atoms with van der Waals surface area (Å²) in [4.78, 5) is 14.2. The molecule has 3 N–H and O–H groups in total. The fraction of sp³-hybridized carbons (Fsp3) is 0.278. The summed E-state index contributed by atoms with van der Waals surface area (Å²) in [7, 11) is 1.59. The zero-order valence-electron chi connectivity index (χ0n) is 14.0. The number of ketones is 1. The van der Waals surface area contributed by atoms with Gasteiger partial charge in [-0.25, -0.2) is 0 Å². The number of nitrogens with zero attached hydrogens (tertiary/aromatic N) is 1. The molecule has 0 radical (unpaired) electrons. The average molecular weight is 389 g/mol. The molecule has 2 aromatic rings. The Morgan fingerprint density at radius 2 is 1.81 bits per heavy atom. The zero-order valence-corrected chi connectivity index (χ0v) is 14.8. The number of nitrogens with two attached hydrogens (primary N) is 1. The van der Waals surface area contributed by atoms with Crippen molar-refractivity contribution in [3.63, 3.8) is 0 Å². The van der Waals surface area contributed by atoms with Crippen LogP contribution in [0, 0.1) is 0 Å². The first-order valence-electron chi connectivity index (χ1n) is 7.64. The summed E-state index contributed by atoms with van der Waals surface area (Å²) in [6.45, 7) is 0.101. The van der Waals surface area contributed by atoms with Gasteiger partial charge in [0.25, 0.3) is 0 Å². The highest BCUT2D eigenvalue weighted by atomic mass is 35.5. The smallest absolute Gasteiger partial charge is 0.390 e. The number of carbonyl (C=O) groups is 1. The Morgan fingerprint density at radius 3 is 2.35 bits per heavy atom. The van der Waals surface area contributed by atoms with Gasteiger partial charge in [-0.15, -0.1) is 12.4 Å². The zero-order chi connectivity index (χ0) is 18.6. The lowest BCUT2D eigenvalue weighted by molar-refractivity contribution is -0.137. The SMILES string of the molecule is CN(CC(O)CN)c1ccc(C(F)(F)F)cc1C(=O)c1ccccc1.Cl. The van der Waals surface area contributed by atoms with Gasteiger partial charge in [-0.1, -0.05) is 30.3 Å². The fourth-order valence-electron chi connectivity index (χ4n) is 2.46. The molecule has 2 rings (SSSR count). The van der Waals surface area contributed by atoms with Crippen molar-refractivity contribution in [2.45, 2.75) is 12.3 Å². The third-order valence-corrected chi connectivity index (χ3v) is 3.77. The summed E-state index contributed by atoms with van der Waals surface area (Å²) < 4.78 is 39.1. The molecule has 4 nitrogen and oxygen atoms in total. The minimum atomic E-state index is -4.56. The summed E-state index contributed by atoms with van der Waals surface area (Å²) in [6, 6.07) is 11.1. The molecule has 0 aliphatic heterocycles. The van der Waals surface area contributed by atoms with Crippen LogP contribution in [0.15, 0.2) is 48.5 Å². The summed E-state index contributed by atoms with van der Waals surface area (Å²) in [5, 5.41) is 9.69. The minimum absolute atomic E-state index is 0. The van der Waals surface area contributed by atoms with Crippen LogP contribution in [0.4, 0.5) is 18.9 Å². The number of hydrogen-bond donors (Lipinski definition) is 2. The Balaban J connectivity index is 0.00000338. The van der Waals surface area contributed by atoms with Crippen LogP contribution in [-0.4, -0.2) is 37.1 Å². The van der Waals surface area contributed by atoms with Crippen molar-refractivity contribution in [2.24, 2.45) is 5.73 Å². The van der Waals surface area contributed by atoms with E-state index in [1.165, 1.54) is 11.0 Å². The van der Waals surface area contributed by atoms with E-state index in [4.69, 9.17) is 5.73 Å². The third kappa shape index (κ3) is 5.20. The molecule has 142 valence electrons. The van der Waals surface area contributed by atoms with Gasteiger partial charge < -0.3 is 15.7 Å². The molecule has 1 atom stereocenters. The lowest BCUT2D eigenvalue weighted by Gasteiger charge is -2.25. The van der Waals surface area contributed by atoms with Crippen LogP contribution in [0.2, 0.25) is 0 Å². The van der Waals surface area contributed by atoms with Crippen molar-refractivity contribution in [2.75, 3.05) is 25.0 Å². The van der Waals surface area contributed by atoms with Gasteiger partial charge in [-0.3, -0.25) is 4.79 Å². The van der Waals surface area contributed by atoms with E-state index in [0.717, 1.165) is 12.1 Å². The summed E-state index contributed by atoms with van der Waals surface area (Å²) in [5.74, 6) is -0.518. The van der Waals surface area contributed by atoms with Gasteiger partial charge >= 0.3 is 6.18 Å². The number of rotatable bonds is 6. The second kappa shape index (κ2) is 9.02. The van der Waals surface area contributed by atoms with E-state index < -0.39 is 23.6 Å². The van der Waals surface area contributed by atoms with Gasteiger partial charge in [-0.05, 0) is 18.2 Å². The number of anilines is 1. The van der Waals surface area contributed by atoms with Gasteiger partial charge in [0.2, 0.25) is 0 Å². The standard InChI is InChI=1S/C18H19F3N2O2.ClH/c1-23(11-14(24)10-22)16-8-7-13(18(19,20)21)9-15(16)17(25)12-5-3-2-4-6-12;/h2-9,14,24H,10-11,22H2,1H3;1H. The quantitative estimate of drug-likeness (QED) is 0.746. The van der Waals surface area contributed by atoms with Gasteiger partial charge in [0, 0.05) is 37.0 Å². The third-order valence-electron chi connectivity index (χ3n) is 3.77. The Labute approximate surface area is 155 Å². The van der Waals surface area contributed by atoms with Crippen molar-refractivity contribution in [3.05, 3.63) is 65.2 Å². The van der Waals surface area contributed by atoms with Crippen LogP contribution in [0.1, 0.15) is 21.5 Å². The molecule has 1 unspecified atom stereocenters. The minimum Gasteiger partial charge on any atom is -0.390 e. The van der Waals surface area contributed by atoms with E-state index in [9.17, 15) is 23.1 Å². The van der Waals surface area contributed by atoms with E-state index in [2.05, 4.69) is 0 Å². The number of benzene rings is 2. The number of aliphatic hydroxyl groups is 1. The first-order chi connectivity index (χ1) is 11.7. The topological polar surface area (TPSA) is 66.6 Å². The van der Waals surface area contributed by atoms with Crippen molar-refractivity contribution in [1.82, 2.24) is 0 Å². The molecular formula is C18H20ClF3N2O2. The first-order valence-corrected chi connectivity index (χ1v) is 7.64. The van der Waals surface area contributed by atoms with Crippen LogP contribution in [0.3, 0.4) is 0 Å². The first kappa shape index (κ1) is 22.0. The van der Waals surface area contributed by atoms with Crippen LogP contribution in [0.5, 0.6) is 0 Å². The van der Waals surface area contributed by atoms with Crippen LogP contribution < -0.4 is 10.6 Å². The maximum Gasteiger partial charge on any atom is 0.416 e. The van der Waals surface area contributed by atoms with Gasteiger partial charge in [-0.2, -0.15) is 13.2 Å². The predicted molar refractivity (Wildman–Crippen MR) is 96.9 cm³/mol. The van der Waals surface area contributed by atoms with Crippen LogP contribution in [0.25, 0.3) is 0 Å². The summed E-state index contributed by atoms with van der Waals surface area (Å²) in [5.41, 5.74) is 4.99. The summed E-state index contributed by atoms with van der Waals surface area (Å²) in [6.07, 6.45) is -5.41. The lowest BCUT2D eigenvalue weighted by atomic mass is 9.98. The molecule has 0 saturated heterocycles. The molecule has 0 saturated carbocycles. The number of alkyl halides is 3. The summed E-state index contributed by atoms with van der Waals surface area (Å²) >= 11 is 0. The predicted octanol–water partition coefficient (Wildman–Crippen LogP) is 3.11. The number of likely N-dealkylation sites (N-methyl/N-ethyl adjacent to an activating group) is 1. The number of halogens is 4. The molecule has 2 aromatic carbocycles. The fourth-order valence-corrected chi connectivity index (χ4v) is 2.46. The highest BCUT2D eigenvalue weighted by molar-refractivity contribution is 6.12. The largest absolute Gasteiger partial charge is 0.416 e. The second-order valence-electron chi connectivity index (χ2n) is 5.69. The molecule has 0 amide bonds. The number of carbonyl (C=O) groups excluding carboxylic acids is 1. The van der Waals surface area contributed by atoms with E-state index in [0.29, 0.717) is 5.69 Å². The molecule has 0 aliphatic rings. The normalized spacial score (nSPS) is 12.2. The van der Waals surface area contributed by atoms with E-state index >= 15 is 0 Å². The molecule has 0 spiro atoms. The second-order valence-corrected chi connectivity index (χ2v) is 5.69. The number of hydrogen-bond acceptors (Lipinski definition) is 4. The van der Waals surface area contributed by atoms with Gasteiger partial charge in [0.1, 0.15) is 0 Å². The van der Waals surface area contributed by atoms with Crippen molar-refractivity contribution >= 4 is 23.9 Å². The lowest BCUT2D eigenvalue weighted by Crippen LogP contribution is -2.34. The van der Waals surface area contributed by atoms with Crippen molar-refractivity contribution < 1.29 is 23.1 Å². The van der Waals surface area contributed by atoms with E-state index in [1.54, 1.807) is 37.4 Å². The van der Waals surface area contributed by atoms with Crippen LogP contribution in [-0.2, 0) is 6.18 Å². The van der Waals surface area contributed by atoms with Gasteiger partial charge in [0.05, 0.1) is 11.7 Å². The van der Waals surface area contributed by atoms with E-state index in [1.807, 2.05) is 0 Å². The molecule has 0 bridgehead atoms. The molecule has 26 heavy (non-hydrogen) atoms. The monoisotopic (exact) mass is 388 g/mol. The number of aliphatic hydroxyl groups excluding tert-OH is 1. The van der Waals surface area contributed by atoms with Crippen LogP contribution >= 0.6 is 12.4 Å². The van der Waals surface area contributed by atoms with Crippen molar-refractivity contribution in [1.29, 1.82) is 0 Å². The molecule has 8 heteroatoms. The van der Waals surface area contributed by atoms with Gasteiger partial charge in [0.15, 0.2) is 5.78 Å². The Morgan fingerprint density at radius 1 is 1.19 bits per heavy atom. The Bertz CT molecular complexity index is 739. The van der Waals surface area contributed by atoms with E-state index in [-0.39, 0.29) is 36.6 Å².